The van der Waals surface area contributed by atoms with Crippen molar-refractivity contribution in [3.63, 3.8) is 0 Å². The molecule has 1 heterocycles. The van der Waals surface area contributed by atoms with Crippen LogP contribution in [0.4, 0.5) is 0 Å². The summed E-state index contributed by atoms with van der Waals surface area (Å²) in [6.07, 6.45) is 0.245. The van der Waals surface area contributed by atoms with Gasteiger partial charge in [-0.3, -0.25) is 0 Å². The van der Waals surface area contributed by atoms with Gasteiger partial charge in [0.2, 0.25) is 0 Å². The van der Waals surface area contributed by atoms with Crippen molar-refractivity contribution in [3.8, 4) is 0 Å². The van der Waals surface area contributed by atoms with E-state index in [0.717, 1.165) is 14.9 Å². The van der Waals surface area contributed by atoms with Crippen LogP contribution in [0, 0.1) is 6.92 Å². The van der Waals surface area contributed by atoms with E-state index in [0.29, 0.717) is 6.42 Å². The molecule has 0 spiro atoms. The second-order valence-electron chi connectivity index (χ2n) is 3.77. The normalized spacial score (nSPS) is 12.7. The van der Waals surface area contributed by atoms with Crippen molar-refractivity contribution in [3.05, 3.63) is 56.2 Å². The highest BCUT2D eigenvalue weighted by molar-refractivity contribution is 9.10. The van der Waals surface area contributed by atoms with E-state index in [4.69, 9.17) is 0 Å². The smallest absolute Gasteiger partial charge is 0.0933 e. The second kappa shape index (κ2) is 5.13. The topological polar surface area (TPSA) is 20.2 Å². The minimum atomic E-state index is -0.421. The van der Waals surface area contributed by atoms with Crippen molar-refractivity contribution in [2.24, 2.45) is 0 Å². The lowest BCUT2D eigenvalue weighted by molar-refractivity contribution is 0.181. The third kappa shape index (κ3) is 2.73. The van der Waals surface area contributed by atoms with E-state index in [9.17, 15) is 5.11 Å². The molecule has 16 heavy (non-hydrogen) atoms. The molecule has 1 nitrogen and oxygen atoms in total. The van der Waals surface area contributed by atoms with Crippen molar-refractivity contribution in [1.29, 1.82) is 0 Å². The molecule has 0 aliphatic carbocycles. The predicted molar refractivity (Wildman–Crippen MR) is 71.9 cm³/mol. The third-order valence-corrected chi connectivity index (χ3v) is 4.48. The van der Waals surface area contributed by atoms with E-state index in [1.54, 1.807) is 11.3 Å². The van der Waals surface area contributed by atoms with Gasteiger partial charge in [-0.15, -0.1) is 11.3 Å². The fourth-order valence-electron chi connectivity index (χ4n) is 1.66. The fourth-order valence-corrected chi connectivity index (χ4v) is 3.56. The van der Waals surface area contributed by atoms with Gasteiger partial charge in [0.15, 0.2) is 0 Å². The van der Waals surface area contributed by atoms with Gasteiger partial charge < -0.3 is 5.11 Å². The van der Waals surface area contributed by atoms with Gasteiger partial charge in [-0.05, 0) is 34.5 Å². The first-order valence-electron chi connectivity index (χ1n) is 5.14. The number of hydrogen-bond donors (Lipinski definition) is 1. The van der Waals surface area contributed by atoms with E-state index in [1.165, 1.54) is 4.88 Å². The van der Waals surface area contributed by atoms with Crippen LogP contribution in [-0.2, 0) is 6.42 Å². The van der Waals surface area contributed by atoms with E-state index in [2.05, 4.69) is 15.9 Å². The minimum absolute atomic E-state index is 0.421. The van der Waals surface area contributed by atoms with Gasteiger partial charge in [0.25, 0.3) is 0 Å². The monoisotopic (exact) mass is 296 g/mol. The average Bonchev–Trinajstić information content (AvgIpc) is 2.59. The number of aliphatic hydroxyl groups excluding tert-OH is 1. The zero-order valence-electron chi connectivity index (χ0n) is 8.98. The van der Waals surface area contributed by atoms with E-state index in [1.807, 2.05) is 43.3 Å². The van der Waals surface area contributed by atoms with E-state index < -0.39 is 6.10 Å². The Labute approximate surface area is 108 Å². The van der Waals surface area contributed by atoms with Gasteiger partial charge in [-0.1, -0.05) is 30.3 Å². The Balaban J connectivity index is 2.14. The summed E-state index contributed by atoms with van der Waals surface area (Å²) in [5.74, 6) is 0. The van der Waals surface area contributed by atoms with Gasteiger partial charge in [-0.2, -0.15) is 0 Å². The Bertz CT molecular complexity index is 464. The zero-order chi connectivity index (χ0) is 11.5. The van der Waals surface area contributed by atoms with E-state index in [-0.39, 0.29) is 0 Å². The molecule has 3 heteroatoms. The number of thiophene rings is 1. The molecule has 84 valence electrons. The highest BCUT2D eigenvalue weighted by Crippen LogP contribution is 2.33. The number of halogens is 1. The summed E-state index contributed by atoms with van der Waals surface area (Å²) in [6.45, 7) is 2.05. The molecule has 1 aromatic heterocycles. The van der Waals surface area contributed by atoms with Crippen molar-refractivity contribution in [2.75, 3.05) is 0 Å². The second-order valence-corrected chi connectivity index (χ2v) is 5.92. The zero-order valence-corrected chi connectivity index (χ0v) is 11.4. The molecule has 1 atom stereocenters. The summed E-state index contributed by atoms with van der Waals surface area (Å²) in [5.41, 5.74) is 1.16. The first kappa shape index (κ1) is 11.8. The van der Waals surface area contributed by atoms with Crippen molar-refractivity contribution < 1.29 is 5.11 Å². The first-order valence-corrected chi connectivity index (χ1v) is 6.75. The molecule has 0 radical (unpaired) electrons. The molecule has 2 aromatic rings. The third-order valence-electron chi connectivity index (χ3n) is 2.41. The highest BCUT2D eigenvalue weighted by atomic mass is 79.9. The van der Waals surface area contributed by atoms with Gasteiger partial charge in [0.1, 0.15) is 0 Å². The maximum atomic E-state index is 10.1. The van der Waals surface area contributed by atoms with Gasteiger partial charge >= 0.3 is 0 Å². The Morgan fingerprint density at radius 2 is 2.00 bits per heavy atom. The van der Waals surface area contributed by atoms with Crippen LogP contribution in [0.25, 0.3) is 0 Å². The standard InChI is InChI=1S/C13H13BrOS/c1-9-7-11(14)13(16-9)12(15)8-10-5-3-2-4-6-10/h2-7,12,15H,8H2,1H3. The Kier molecular flexibility index (Phi) is 3.79. The van der Waals surface area contributed by atoms with Crippen LogP contribution < -0.4 is 0 Å². The molecule has 0 fully saturated rings. The van der Waals surface area contributed by atoms with Crippen LogP contribution in [0.5, 0.6) is 0 Å². The van der Waals surface area contributed by atoms with Crippen LogP contribution in [0.1, 0.15) is 21.4 Å². The van der Waals surface area contributed by atoms with Crippen LogP contribution in [0.15, 0.2) is 40.9 Å². The SMILES string of the molecule is Cc1cc(Br)c(C(O)Cc2ccccc2)s1. The fraction of sp³-hybridized carbons (Fsp3) is 0.231. The van der Waals surface area contributed by atoms with Gasteiger partial charge in [-0.25, -0.2) is 0 Å². The maximum absolute atomic E-state index is 10.1. The van der Waals surface area contributed by atoms with Gasteiger partial charge in [0, 0.05) is 20.6 Å². The number of aliphatic hydroxyl groups is 1. The van der Waals surface area contributed by atoms with Crippen molar-refractivity contribution in [2.45, 2.75) is 19.4 Å². The summed E-state index contributed by atoms with van der Waals surface area (Å²) in [6, 6.07) is 12.1. The molecule has 0 aliphatic rings. The molecule has 1 N–H and O–H groups in total. The summed E-state index contributed by atoms with van der Waals surface area (Å²) in [7, 11) is 0. The number of hydrogen-bond acceptors (Lipinski definition) is 2. The lowest BCUT2D eigenvalue weighted by Crippen LogP contribution is -1.99. The Hall–Kier alpha value is -0.640. The van der Waals surface area contributed by atoms with Crippen molar-refractivity contribution >= 4 is 27.3 Å². The lowest BCUT2D eigenvalue weighted by Gasteiger charge is -2.09. The molecule has 2 rings (SSSR count). The number of rotatable bonds is 3. The van der Waals surface area contributed by atoms with Gasteiger partial charge in [0.05, 0.1) is 6.10 Å². The minimum Gasteiger partial charge on any atom is -0.387 e. The summed E-state index contributed by atoms with van der Waals surface area (Å²) in [5, 5.41) is 10.1. The maximum Gasteiger partial charge on any atom is 0.0933 e. The summed E-state index contributed by atoms with van der Waals surface area (Å²) >= 11 is 5.13. The largest absolute Gasteiger partial charge is 0.387 e. The quantitative estimate of drug-likeness (QED) is 0.904. The molecular weight excluding hydrogens is 284 g/mol. The number of benzene rings is 1. The predicted octanol–water partition coefficient (Wildman–Crippen LogP) is 4.10. The average molecular weight is 297 g/mol. The Morgan fingerprint density at radius 3 is 2.56 bits per heavy atom. The van der Waals surface area contributed by atoms with Crippen molar-refractivity contribution in [1.82, 2.24) is 0 Å². The molecule has 1 unspecified atom stereocenters. The molecule has 1 aromatic carbocycles. The molecule has 0 aliphatic heterocycles. The summed E-state index contributed by atoms with van der Waals surface area (Å²) in [4.78, 5) is 2.23. The van der Waals surface area contributed by atoms with E-state index >= 15 is 0 Å². The van der Waals surface area contributed by atoms with Crippen LogP contribution >= 0.6 is 27.3 Å². The Morgan fingerprint density at radius 1 is 1.31 bits per heavy atom. The first-order chi connectivity index (χ1) is 7.66. The molecule has 0 amide bonds. The number of aryl methyl sites for hydroxylation is 1. The highest BCUT2D eigenvalue weighted by Gasteiger charge is 2.14. The molecule has 0 saturated carbocycles. The van der Waals surface area contributed by atoms with Crippen LogP contribution in [-0.4, -0.2) is 5.11 Å². The summed E-state index contributed by atoms with van der Waals surface area (Å²) < 4.78 is 1.01. The lowest BCUT2D eigenvalue weighted by atomic mass is 10.1. The molecular formula is C13H13BrOS. The molecule has 0 bridgehead atoms. The van der Waals surface area contributed by atoms with Crippen LogP contribution in [0.2, 0.25) is 0 Å². The molecule has 0 saturated heterocycles. The van der Waals surface area contributed by atoms with Crippen LogP contribution in [0.3, 0.4) is 0 Å².